The molecule has 1 aliphatic carbocycles. The molecule has 1 fully saturated rings. The lowest BCUT2D eigenvalue weighted by Crippen LogP contribution is -2.29. The van der Waals surface area contributed by atoms with E-state index >= 15 is 0 Å². The predicted octanol–water partition coefficient (Wildman–Crippen LogP) is 4.16. The standard InChI is InChI=1S/C17H19ClFN3O/c1-11-16(21-17(23)8-12-6-13(7-12)9-19)10-20-22(11)15-4-2-14(18)3-5-15/h2-5,10,12-13H,6-9H2,1H3,(H,21,23). The Labute approximate surface area is 139 Å². The second kappa shape index (κ2) is 6.71. The smallest absolute Gasteiger partial charge is 0.224 e. The van der Waals surface area contributed by atoms with Crippen LogP contribution >= 0.6 is 11.6 Å². The highest BCUT2D eigenvalue weighted by Crippen LogP contribution is 2.36. The zero-order valence-electron chi connectivity index (χ0n) is 12.9. The van der Waals surface area contributed by atoms with Crippen LogP contribution in [0.4, 0.5) is 10.1 Å². The second-order valence-corrected chi connectivity index (χ2v) is 6.58. The Bertz CT molecular complexity index is 692. The van der Waals surface area contributed by atoms with Gasteiger partial charge in [-0.05, 0) is 55.9 Å². The summed E-state index contributed by atoms with van der Waals surface area (Å²) in [5, 5.41) is 7.88. The van der Waals surface area contributed by atoms with Crippen molar-refractivity contribution < 1.29 is 9.18 Å². The van der Waals surface area contributed by atoms with Gasteiger partial charge in [0, 0.05) is 11.4 Å². The highest BCUT2D eigenvalue weighted by atomic mass is 35.5. The molecule has 0 saturated heterocycles. The summed E-state index contributed by atoms with van der Waals surface area (Å²) in [6.07, 6.45) is 3.72. The van der Waals surface area contributed by atoms with E-state index in [1.165, 1.54) is 0 Å². The average molecular weight is 336 g/mol. The first kappa shape index (κ1) is 16.0. The highest BCUT2D eigenvalue weighted by molar-refractivity contribution is 6.30. The highest BCUT2D eigenvalue weighted by Gasteiger charge is 2.30. The number of carbonyl (C=O) groups is 1. The Balaban J connectivity index is 1.63. The SMILES string of the molecule is Cc1c(NC(=O)CC2CC(CF)C2)cnn1-c1ccc(Cl)cc1. The summed E-state index contributed by atoms with van der Waals surface area (Å²) in [7, 11) is 0. The van der Waals surface area contributed by atoms with Gasteiger partial charge in [0.05, 0.1) is 29.9 Å². The Morgan fingerprint density at radius 1 is 1.35 bits per heavy atom. The van der Waals surface area contributed by atoms with Crippen LogP contribution < -0.4 is 5.32 Å². The molecule has 1 aromatic heterocycles. The number of nitrogens with zero attached hydrogens (tertiary/aromatic N) is 2. The Morgan fingerprint density at radius 3 is 2.70 bits per heavy atom. The number of carbonyl (C=O) groups excluding carboxylic acids is 1. The van der Waals surface area contributed by atoms with E-state index in [-0.39, 0.29) is 18.5 Å². The molecule has 0 spiro atoms. The van der Waals surface area contributed by atoms with Crippen LogP contribution in [0, 0.1) is 18.8 Å². The van der Waals surface area contributed by atoms with E-state index in [0.29, 0.717) is 23.0 Å². The van der Waals surface area contributed by atoms with E-state index in [0.717, 1.165) is 24.2 Å². The van der Waals surface area contributed by atoms with Crippen molar-refractivity contribution in [1.82, 2.24) is 9.78 Å². The number of hydrogen-bond donors (Lipinski definition) is 1. The van der Waals surface area contributed by atoms with Gasteiger partial charge in [-0.15, -0.1) is 0 Å². The van der Waals surface area contributed by atoms with Crippen molar-refractivity contribution in [3.63, 3.8) is 0 Å². The van der Waals surface area contributed by atoms with Crippen molar-refractivity contribution in [3.05, 3.63) is 41.2 Å². The summed E-state index contributed by atoms with van der Waals surface area (Å²) in [5.41, 5.74) is 2.44. The summed E-state index contributed by atoms with van der Waals surface area (Å²) < 4.78 is 14.2. The van der Waals surface area contributed by atoms with E-state index in [2.05, 4.69) is 10.4 Å². The predicted molar refractivity (Wildman–Crippen MR) is 88.7 cm³/mol. The maximum Gasteiger partial charge on any atom is 0.224 e. The molecule has 0 unspecified atom stereocenters. The normalized spacial score (nSPS) is 20.1. The molecule has 6 heteroatoms. The van der Waals surface area contributed by atoms with Crippen molar-refractivity contribution in [2.75, 3.05) is 12.0 Å². The fourth-order valence-electron chi connectivity index (χ4n) is 3.00. The van der Waals surface area contributed by atoms with Gasteiger partial charge in [0.1, 0.15) is 0 Å². The molecule has 0 bridgehead atoms. The van der Waals surface area contributed by atoms with Gasteiger partial charge >= 0.3 is 0 Å². The molecule has 1 aromatic carbocycles. The lowest BCUT2D eigenvalue weighted by Gasteiger charge is -2.32. The third kappa shape index (κ3) is 3.55. The first-order valence-corrected chi connectivity index (χ1v) is 8.11. The number of anilines is 1. The molecule has 1 N–H and O–H groups in total. The van der Waals surface area contributed by atoms with Crippen molar-refractivity contribution >= 4 is 23.2 Å². The zero-order valence-corrected chi connectivity index (χ0v) is 13.7. The summed E-state index contributed by atoms with van der Waals surface area (Å²) >= 11 is 5.89. The van der Waals surface area contributed by atoms with Crippen molar-refractivity contribution in [2.24, 2.45) is 11.8 Å². The summed E-state index contributed by atoms with van der Waals surface area (Å²) in [5.74, 6) is 0.427. The largest absolute Gasteiger partial charge is 0.323 e. The van der Waals surface area contributed by atoms with Crippen LogP contribution in [0.2, 0.25) is 5.02 Å². The minimum Gasteiger partial charge on any atom is -0.323 e. The molecule has 2 aromatic rings. The number of halogens is 2. The van der Waals surface area contributed by atoms with Crippen LogP contribution in [-0.4, -0.2) is 22.4 Å². The molecule has 3 rings (SSSR count). The van der Waals surface area contributed by atoms with Gasteiger partial charge in [-0.1, -0.05) is 11.6 Å². The van der Waals surface area contributed by atoms with Gasteiger partial charge in [-0.3, -0.25) is 9.18 Å². The van der Waals surface area contributed by atoms with Crippen LogP contribution in [0.1, 0.15) is 25.0 Å². The van der Waals surface area contributed by atoms with Crippen LogP contribution in [0.3, 0.4) is 0 Å². The van der Waals surface area contributed by atoms with Gasteiger partial charge in [0.25, 0.3) is 0 Å². The maximum atomic E-state index is 12.4. The van der Waals surface area contributed by atoms with Crippen molar-refractivity contribution in [1.29, 1.82) is 0 Å². The van der Waals surface area contributed by atoms with E-state index in [1.807, 2.05) is 19.1 Å². The minimum atomic E-state index is -0.273. The number of hydrogen-bond acceptors (Lipinski definition) is 2. The molecule has 122 valence electrons. The molecule has 1 saturated carbocycles. The molecular weight excluding hydrogens is 317 g/mol. The van der Waals surface area contributed by atoms with E-state index in [4.69, 9.17) is 11.6 Å². The fourth-order valence-corrected chi connectivity index (χ4v) is 3.13. The van der Waals surface area contributed by atoms with Gasteiger partial charge in [-0.2, -0.15) is 5.10 Å². The fraction of sp³-hybridized carbons (Fsp3) is 0.412. The average Bonchev–Trinajstić information content (AvgIpc) is 2.84. The third-order valence-corrected chi connectivity index (χ3v) is 4.63. The quantitative estimate of drug-likeness (QED) is 0.891. The molecule has 1 amide bonds. The minimum absolute atomic E-state index is 0.0361. The molecule has 1 aliphatic rings. The van der Waals surface area contributed by atoms with Crippen molar-refractivity contribution in [3.8, 4) is 5.69 Å². The number of aromatic nitrogens is 2. The lowest BCUT2D eigenvalue weighted by atomic mass is 9.74. The van der Waals surface area contributed by atoms with E-state index in [1.54, 1.807) is 23.0 Å². The van der Waals surface area contributed by atoms with Gasteiger partial charge in [0.2, 0.25) is 5.91 Å². The molecule has 0 radical (unpaired) electrons. The Kier molecular flexibility index (Phi) is 4.66. The topological polar surface area (TPSA) is 46.9 Å². The first-order valence-electron chi connectivity index (χ1n) is 7.73. The number of alkyl halides is 1. The summed E-state index contributed by atoms with van der Waals surface area (Å²) in [6, 6.07) is 7.35. The third-order valence-electron chi connectivity index (χ3n) is 4.38. The van der Waals surface area contributed by atoms with Crippen molar-refractivity contribution in [2.45, 2.75) is 26.2 Å². The lowest BCUT2D eigenvalue weighted by molar-refractivity contribution is -0.118. The molecule has 23 heavy (non-hydrogen) atoms. The number of amides is 1. The van der Waals surface area contributed by atoms with Crippen LogP contribution in [0.15, 0.2) is 30.5 Å². The maximum absolute atomic E-state index is 12.4. The number of rotatable bonds is 5. The van der Waals surface area contributed by atoms with Crippen LogP contribution in [-0.2, 0) is 4.79 Å². The number of nitrogens with one attached hydrogen (secondary N) is 1. The Hall–Kier alpha value is -1.88. The first-order chi connectivity index (χ1) is 11.1. The van der Waals surface area contributed by atoms with E-state index in [9.17, 15) is 9.18 Å². The molecule has 4 nitrogen and oxygen atoms in total. The Morgan fingerprint density at radius 2 is 2.04 bits per heavy atom. The van der Waals surface area contributed by atoms with Gasteiger partial charge in [-0.25, -0.2) is 4.68 Å². The van der Waals surface area contributed by atoms with Gasteiger partial charge < -0.3 is 5.32 Å². The summed E-state index contributed by atoms with van der Waals surface area (Å²) in [4.78, 5) is 12.1. The second-order valence-electron chi connectivity index (χ2n) is 6.14. The number of benzene rings is 1. The molecule has 0 atom stereocenters. The summed E-state index contributed by atoms with van der Waals surface area (Å²) in [6.45, 7) is 1.63. The van der Waals surface area contributed by atoms with Gasteiger partial charge in [0.15, 0.2) is 0 Å². The molecule has 0 aliphatic heterocycles. The molecular formula is C17H19ClFN3O. The van der Waals surface area contributed by atoms with E-state index < -0.39 is 0 Å². The zero-order chi connectivity index (χ0) is 16.4. The van der Waals surface area contributed by atoms with Crippen LogP contribution in [0.5, 0.6) is 0 Å². The monoisotopic (exact) mass is 335 g/mol. The van der Waals surface area contributed by atoms with Crippen LogP contribution in [0.25, 0.3) is 5.69 Å². The molecule has 1 heterocycles.